The molecule has 0 heterocycles. The van der Waals surface area contributed by atoms with E-state index < -0.39 is 6.10 Å². The van der Waals surface area contributed by atoms with Crippen molar-refractivity contribution in [3.63, 3.8) is 0 Å². The molecule has 0 aliphatic heterocycles. The van der Waals surface area contributed by atoms with Gasteiger partial charge in [-0.25, -0.2) is 0 Å². The van der Waals surface area contributed by atoms with Gasteiger partial charge in [-0.15, -0.1) is 0 Å². The molecule has 0 aliphatic carbocycles. The minimum absolute atomic E-state index is 0.0924. The van der Waals surface area contributed by atoms with Gasteiger partial charge in [-0.2, -0.15) is 0 Å². The zero-order valence-corrected chi connectivity index (χ0v) is 53.5. The first-order valence-electron chi connectivity index (χ1n) is 34.2. The Morgan fingerprint density at radius 3 is 0.756 bits per heavy atom. The van der Waals surface area contributed by atoms with Crippen LogP contribution in [0.3, 0.4) is 0 Å². The summed E-state index contributed by atoms with van der Waals surface area (Å²) >= 11 is 0. The summed E-state index contributed by atoms with van der Waals surface area (Å²) in [6.45, 7) is 6.38. The summed E-state index contributed by atoms with van der Waals surface area (Å²) in [6, 6.07) is 0. The second-order valence-electron chi connectivity index (χ2n) is 22.3. The van der Waals surface area contributed by atoms with E-state index in [1.165, 1.54) is 135 Å². The van der Waals surface area contributed by atoms with Gasteiger partial charge in [0.1, 0.15) is 13.2 Å². The van der Waals surface area contributed by atoms with Gasteiger partial charge in [-0.1, -0.05) is 289 Å². The van der Waals surface area contributed by atoms with E-state index in [1.54, 1.807) is 0 Å². The zero-order chi connectivity index (χ0) is 59.2. The molecular weight excluding hydrogens is 1010 g/mol. The van der Waals surface area contributed by atoms with Crippen LogP contribution >= 0.6 is 0 Å². The molecule has 466 valence electrons. The average molecular weight is 1140 g/mol. The van der Waals surface area contributed by atoms with Crippen molar-refractivity contribution in [2.24, 2.45) is 0 Å². The zero-order valence-electron chi connectivity index (χ0n) is 53.5. The minimum atomic E-state index is -0.799. The van der Waals surface area contributed by atoms with Gasteiger partial charge in [-0.3, -0.25) is 14.4 Å². The van der Waals surface area contributed by atoms with Crippen molar-refractivity contribution in [2.75, 3.05) is 13.2 Å². The molecule has 1 atom stereocenters. The number of unbranched alkanes of at least 4 members (excludes halogenated alkanes) is 28. The Bertz CT molecular complexity index is 1730. The molecule has 0 fully saturated rings. The van der Waals surface area contributed by atoms with Crippen molar-refractivity contribution >= 4 is 17.9 Å². The molecule has 6 heteroatoms. The molecule has 0 amide bonds. The highest BCUT2D eigenvalue weighted by atomic mass is 16.6. The molecule has 0 aromatic heterocycles. The lowest BCUT2D eigenvalue weighted by Gasteiger charge is -2.18. The molecule has 6 nitrogen and oxygen atoms in total. The summed E-state index contributed by atoms with van der Waals surface area (Å²) < 4.78 is 16.9. The maximum atomic E-state index is 12.9. The normalized spacial score (nSPS) is 13.0. The van der Waals surface area contributed by atoms with Crippen LogP contribution in [0.25, 0.3) is 0 Å². The van der Waals surface area contributed by atoms with Crippen LogP contribution in [-0.4, -0.2) is 37.2 Å². The van der Waals surface area contributed by atoms with E-state index in [4.69, 9.17) is 14.2 Å². The van der Waals surface area contributed by atoms with Crippen LogP contribution in [0.5, 0.6) is 0 Å². The lowest BCUT2D eigenvalue weighted by atomic mass is 10.0. The van der Waals surface area contributed by atoms with E-state index in [2.05, 4.69) is 154 Å². The molecule has 82 heavy (non-hydrogen) atoms. The van der Waals surface area contributed by atoms with Crippen molar-refractivity contribution in [1.82, 2.24) is 0 Å². The van der Waals surface area contributed by atoms with Crippen LogP contribution in [0.15, 0.2) is 134 Å². The minimum Gasteiger partial charge on any atom is -0.462 e. The summed E-state index contributed by atoms with van der Waals surface area (Å²) in [7, 11) is 0. The first-order chi connectivity index (χ1) is 40.5. The highest BCUT2D eigenvalue weighted by Crippen LogP contribution is 2.16. The predicted molar refractivity (Wildman–Crippen MR) is 357 cm³/mol. The van der Waals surface area contributed by atoms with Gasteiger partial charge < -0.3 is 14.2 Å². The monoisotopic (exact) mass is 1130 g/mol. The molecule has 0 rings (SSSR count). The van der Waals surface area contributed by atoms with E-state index >= 15 is 0 Å². The summed E-state index contributed by atoms with van der Waals surface area (Å²) in [4.78, 5) is 38.3. The maximum absolute atomic E-state index is 12.9. The van der Waals surface area contributed by atoms with Crippen LogP contribution in [0.4, 0.5) is 0 Å². The number of carbonyl (C=O) groups excluding carboxylic acids is 3. The van der Waals surface area contributed by atoms with E-state index in [0.29, 0.717) is 19.3 Å². The topological polar surface area (TPSA) is 78.9 Å². The van der Waals surface area contributed by atoms with Gasteiger partial charge in [0.25, 0.3) is 0 Å². The van der Waals surface area contributed by atoms with Crippen LogP contribution in [0.1, 0.15) is 310 Å². The summed E-state index contributed by atoms with van der Waals surface area (Å²) in [5.74, 6) is -0.925. The predicted octanol–water partition coefficient (Wildman–Crippen LogP) is 23.7. The summed E-state index contributed by atoms with van der Waals surface area (Å²) in [6.07, 6.45) is 97.6. The van der Waals surface area contributed by atoms with Gasteiger partial charge in [0.05, 0.1) is 0 Å². The Balaban J connectivity index is 4.24. The highest BCUT2D eigenvalue weighted by Gasteiger charge is 2.19. The number of esters is 3. The smallest absolute Gasteiger partial charge is 0.306 e. The summed E-state index contributed by atoms with van der Waals surface area (Å²) in [5, 5.41) is 0. The fourth-order valence-corrected chi connectivity index (χ4v) is 9.32. The molecule has 0 saturated carbocycles. The quantitative estimate of drug-likeness (QED) is 0.0261. The third kappa shape index (κ3) is 66.4. The van der Waals surface area contributed by atoms with Crippen molar-refractivity contribution in [3.8, 4) is 0 Å². The van der Waals surface area contributed by atoms with Crippen LogP contribution in [-0.2, 0) is 28.6 Å². The number of allylic oxidation sites excluding steroid dienone is 22. The second kappa shape index (κ2) is 69.0. The van der Waals surface area contributed by atoms with Crippen molar-refractivity contribution < 1.29 is 28.6 Å². The molecule has 1 unspecified atom stereocenters. The number of hydrogen-bond acceptors (Lipinski definition) is 6. The Labute approximate surface area is 506 Å². The van der Waals surface area contributed by atoms with Gasteiger partial charge in [-0.05, 0) is 135 Å². The fraction of sp³-hybridized carbons (Fsp3) is 0.671. The number of carbonyl (C=O) groups is 3. The second-order valence-corrected chi connectivity index (χ2v) is 22.3. The first kappa shape index (κ1) is 77.5. The Kier molecular flexibility index (Phi) is 65.3. The maximum Gasteiger partial charge on any atom is 0.306 e. The third-order valence-electron chi connectivity index (χ3n) is 14.4. The van der Waals surface area contributed by atoms with E-state index in [0.717, 1.165) is 135 Å². The largest absolute Gasteiger partial charge is 0.462 e. The summed E-state index contributed by atoms with van der Waals surface area (Å²) in [5.41, 5.74) is 0. The molecule has 0 aliphatic rings. The molecular formula is C76H126O6. The molecule has 0 spiro atoms. The lowest BCUT2D eigenvalue weighted by molar-refractivity contribution is -0.167. The van der Waals surface area contributed by atoms with Crippen molar-refractivity contribution in [3.05, 3.63) is 134 Å². The van der Waals surface area contributed by atoms with Crippen LogP contribution in [0, 0.1) is 0 Å². The van der Waals surface area contributed by atoms with Gasteiger partial charge in [0.2, 0.25) is 0 Å². The molecule has 0 aromatic carbocycles. The Hall–Kier alpha value is -4.45. The van der Waals surface area contributed by atoms with E-state index in [1.807, 2.05) is 0 Å². The van der Waals surface area contributed by atoms with Crippen molar-refractivity contribution in [1.29, 1.82) is 0 Å². The standard InChI is InChI=1S/C76H126O6/c1-4-7-10-13-16-19-22-25-27-29-31-32-33-34-35-36-37-38-39-40-41-42-43-44-45-47-48-51-54-57-60-63-66-69-75(78)81-72-73(71-80-74(77)68-65-62-59-56-53-50-24-21-18-15-12-9-6-3)82-76(79)70-67-64-61-58-55-52-49-46-30-28-26-23-20-17-14-11-8-5-2/h7,9-10,12,16,18-21,23,25,27-28,30-32,34-35,37-38,50,53,73H,4-6,8,11,13-15,17,22,24,26,29,33,36,39-49,51-52,54-72H2,1-3H3/b10-7-,12-9-,19-16-,21-18-,23-20-,27-25-,30-28-,32-31-,35-34-,38-37-,53-50-. The first-order valence-corrected chi connectivity index (χ1v) is 34.2. The van der Waals surface area contributed by atoms with Gasteiger partial charge >= 0.3 is 17.9 Å². The van der Waals surface area contributed by atoms with Crippen LogP contribution < -0.4 is 0 Å². The van der Waals surface area contributed by atoms with Crippen LogP contribution in [0.2, 0.25) is 0 Å². The van der Waals surface area contributed by atoms with E-state index in [9.17, 15) is 14.4 Å². The third-order valence-corrected chi connectivity index (χ3v) is 14.4. The fourth-order valence-electron chi connectivity index (χ4n) is 9.32. The van der Waals surface area contributed by atoms with Crippen molar-refractivity contribution in [2.45, 2.75) is 316 Å². The van der Waals surface area contributed by atoms with Gasteiger partial charge in [0, 0.05) is 19.3 Å². The molecule has 0 N–H and O–H groups in total. The molecule has 0 saturated heterocycles. The molecule has 0 radical (unpaired) electrons. The number of hydrogen-bond donors (Lipinski definition) is 0. The highest BCUT2D eigenvalue weighted by molar-refractivity contribution is 5.71. The van der Waals surface area contributed by atoms with E-state index in [-0.39, 0.29) is 31.1 Å². The molecule has 0 bridgehead atoms. The van der Waals surface area contributed by atoms with Gasteiger partial charge in [0.15, 0.2) is 6.10 Å². The number of rotatable bonds is 61. The molecule has 0 aromatic rings. The average Bonchev–Trinajstić information content (AvgIpc) is 3.47. The number of ether oxygens (including phenoxy) is 3. The SMILES string of the molecule is CC/C=C\C/C=C\C/C=C\C/C=C\C/C=C\C/C=C\CCCCCCCCCCCCCCCCC(=O)OCC(COC(=O)CCCCC/C=C\C/C=C\C/C=C\CC)OC(=O)CCCCCCCCC/C=C\C/C=C\CCCCCC. The Morgan fingerprint density at radius 1 is 0.256 bits per heavy atom. The lowest BCUT2D eigenvalue weighted by Crippen LogP contribution is -2.30. The Morgan fingerprint density at radius 2 is 0.476 bits per heavy atom.